The van der Waals surface area contributed by atoms with Crippen molar-refractivity contribution in [1.29, 1.82) is 0 Å². The highest BCUT2D eigenvalue weighted by Crippen LogP contribution is 2.40. The van der Waals surface area contributed by atoms with E-state index >= 15 is 0 Å². The lowest BCUT2D eigenvalue weighted by atomic mass is 9.79. The van der Waals surface area contributed by atoms with E-state index in [1.807, 2.05) is 6.92 Å². The molecule has 0 atom stereocenters. The number of amides is 1. The number of carbonyl (C=O) groups excluding carboxylic acids is 1. The van der Waals surface area contributed by atoms with E-state index in [-0.39, 0.29) is 5.91 Å². The van der Waals surface area contributed by atoms with Crippen molar-refractivity contribution in [3.63, 3.8) is 0 Å². The van der Waals surface area contributed by atoms with Crippen molar-refractivity contribution in [1.82, 2.24) is 9.97 Å². The number of aromatic nitrogens is 2. The third-order valence-corrected chi connectivity index (χ3v) is 6.43. The first-order chi connectivity index (χ1) is 11.6. The molecule has 0 bridgehead atoms. The molecule has 0 radical (unpaired) electrons. The molecule has 0 saturated carbocycles. The highest BCUT2D eigenvalue weighted by molar-refractivity contribution is 7.19. The van der Waals surface area contributed by atoms with Crippen molar-refractivity contribution in [3.8, 4) is 0 Å². The Labute approximate surface area is 144 Å². The van der Waals surface area contributed by atoms with Crippen molar-refractivity contribution < 1.29 is 9.53 Å². The van der Waals surface area contributed by atoms with Gasteiger partial charge in [0.15, 0.2) is 0 Å². The monoisotopic (exact) mass is 346 g/mol. The lowest BCUT2D eigenvalue weighted by molar-refractivity contribution is -0.132. The number of ether oxygens (including phenoxy) is 1. The Balaban J connectivity index is 1.68. The molecule has 0 aromatic carbocycles. The van der Waals surface area contributed by atoms with Gasteiger partial charge in [0.05, 0.1) is 10.8 Å². The number of fused-ring (bicyclic) bond motifs is 3. The first kappa shape index (κ1) is 15.8. The largest absolute Gasteiger partial charge is 0.381 e. The molecule has 3 heterocycles. The molecule has 6 nitrogen and oxygen atoms in total. The number of anilines is 1. The van der Waals surface area contributed by atoms with E-state index in [0.29, 0.717) is 32.6 Å². The Bertz CT molecular complexity index is 795. The summed E-state index contributed by atoms with van der Waals surface area (Å²) in [5.74, 6) is 1.35. The minimum atomic E-state index is -0.553. The van der Waals surface area contributed by atoms with Crippen molar-refractivity contribution in [2.45, 2.75) is 39.0 Å². The summed E-state index contributed by atoms with van der Waals surface area (Å²) in [5.41, 5.74) is 6.55. The van der Waals surface area contributed by atoms with Crippen LogP contribution in [0.2, 0.25) is 0 Å². The van der Waals surface area contributed by atoms with E-state index in [1.165, 1.54) is 16.9 Å². The Morgan fingerprint density at radius 2 is 2.12 bits per heavy atom. The molecule has 2 aromatic rings. The Hall–Kier alpha value is -1.73. The zero-order valence-electron chi connectivity index (χ0n) is 13.9. The van der Waals surface area contributed by atoms with Gasteiger partial charge in [-0.1, -0.05) is 0 Å². The fourth-order valence-corrected chi connectivity index (χ4v) is 5.06. The normalized spacial score (nSPS) is 19.4. The summed E-state index contributed by atoms with van der Waals surface area (Å²) in [6.07, 6.45) is 4.74. The van der Waals surface area contributed by atoms with Crippen LogP contribution in [-0.4, -0.2) is 35.6 Å². The standard InChI is InChI=1S/C17H22N4O2S/c1-10-20-14(13-11-3-2-4-12(11)24-15(13)21-10)19-9-17(16(18)22)5-7-23-8-6-17/h2-9H2,1H3,(H2,18,22)(H,19,20,21). The van der Waals surface area contributed by atoms with E-state index in [4.69, 9.17) is 10.5 Å². The second kappa shape index (κ2) is 5.97. The zero-order chi connectivity index (χ0) is 16.7. The zero-order valence-corrected chi connectivity index (χ0v) is 14.7. The third kappa shape index (κ3) is 2.56. The topological polar surface area (TPSA) is 90.1 Å². The van der Waals surface area contributed by atoms with Gasteiger partial charge in [-0.05, 0) is 44.6 Å². The summed E-state index contributed by atoms with van der Waals surface area (Å²) in [6, 6.07) is 0. The number of rotatable bonds is 4. The molecule has 128 valence electrons. The maximum Gasteiger partial charge on any atom is 0.225 e. The summed E-state index contributed by atoms with van der Waals surface area (Å²) in [5, 5.41) is 4.58. The summed E-state index contributed by atoms with van der Waals surface area (Å²) < 4.78 is 5.40. The van der Waals surface area contributed by atoms with Crippen LogP contribution in [0.1, 0.15) is 35.5 Å². The number of nitrogens with zero attached hydrogens (tertiary/aromatic N) is 2. The molecule has 0 unspecified atom stereocenters. The third-order valence-electron chi connectivity index (χ3n) is 5.24. The minimum absolute atomic E-state index is 0.254. The quantitative estimate of drug-likeness (QED) is 0.885. The number of hydrogen-bond donors (Lipinski definition) is 2. The van der Waals surface area contributed by atoms with Gasteiger partial charge in [-0.2, -0.15) is 0 Å². The molecule has 7 heteroatoms. The summed E-state index contributed by atoms with van der Waals surface area (Å²) >= 11 is 1.78. The second-order valence-electron chi connectivity index (χ2n) is 6.77. The van der Waals surface area contributed by atoms with Gasteiger partial charge in [0.1, 0.15) is 16.5 Å². The number of primary amides is 1. The van der Waals surface area contributed by atoms with E-state index in [0.717, 1.165) is 34.7 Å². The highest BCUT2D eigenvalue weighted by atomic mass is 32.1. The Kier molecular flexibility index (Phi) is 3.92. The maximum atomic E-state index is 12.1. The van der Waals surface area contributed by atoms with Crippen LogP contribution in [0.3, 0.4) is 0 Å². The van der Waals surface area contributed by atoms with Crippen molar-refractivity contribution in [2.24, 2.45) is 11.1 Å². The van der Waals surface area contributed by atoms with Gasteiger partial charge in [-0.3, -0.25) is 4.79 Å². The number of carbonyl (C=O) groups is 1. The van der Waals surface area contributed by atoms with Gasteiger partial charge in [0.25, 0.3) is 0 Å². The fraction of sp³-hybridized carbons (Fsp3) is 0.588. The van der Waals surface area contributed by atoms with Gasteiger partial charge in [0, 0.05) is 24.6 Å². The molecule has 1 amide bonds. The predicted octanol–water partition coefficient (Wildman–Crippen LogP) is 2.18. The smallest absolute Gasteiger partial charge is 0.225 e. The van der Waals surface area contributed by atoms with Crippen LogP contribution < -0.4 is 11.1 Å². The van der Waals surface area contributed by atoms with Gasteiger partial charge < -0.3 is 15.8 Å². The summed E-state index contributed by atoms with van der Waals surface area (Å²) in [4.78, 5) is 23.8. The van der Waals surface area contributed by atoms with Gasteiger partial charge in [-0.15, -0.1) is 11.3 Å². The lowest BCUT2D eigenvalue weighted by Crippen LogP contribution is -2.46. The van der Waals surface area contributed by atoms with E-state index in [2.05, 4.69) is 15.3 Å². The highest BCUT2D eigenvalue weighted by Gasteiger charge is 2.38. The number of nitrogens with one attached hydrogen (secondary N) is 1. The van der Waals surface area contributed by atoms with Crippen LogP contribution in [0.5, 0.6) is 0 Å². The van der Waals surface area contributed by atoms with Crippen LogP contribution in [0.4, 0.5) is 5.82 Å². The molecule has 3 N–H and O–H groups in total. The van der Waals surface area contributed by atoms with Crippen molar-refractivity contribution in [2.75, 3.05) is 25.1 Å². The van der Waals surface area contributed by atoms with E-state index < -0.39 is 5.41 Å². The number of hydrogen-bond acceptors (Lipinski definition) is 6. The van der Waals surface area contributed by atoms with Crippen LogP contribution >= 0.6 is 11.3 Å². The fourth-order valence-electron chi connectivity index (χ4n) is 3.76. The Morgan fingerprint density at radius 1 is 1.33 bits per heavy atom. The molecule has 1 aliphatic carbocycles. The first-order valence-electron chi connectivity index (χ1n) is 8.49. The molecule has 2 aromatic heterocycles. The molecule has 1 fully saturated rings. The van der Waals surface area contributed by atoms with Crippen LogP contribution in [0.15, 0.2) is 0 Å². The molecular formula is C17H22N4O2S. The second-order valence-corrected chi connectivity index (χ2v) is 7.85. The lowest BCUT2D eigenvalue weighted by Gasteiger charge is -2.34. The summed E-state index contributed by atoms with van der Waals surface area (Å²) in [7, 11) is 0. The van der Waals surface area contributed by atoms with Gasteiger partial charge >= 0.3 is 0 Å². The van der Waals surface area contributed by atoms with Gasteiger partial charge in [0.2, 0.25) is 5.91 Å². The van der Waals surface area contributed by atoms with Gasteiger partial charge in [-0.25, -0.2) is 9.97 Å². The average Bonchev–Trinajstić information content (AvgIpc) is 3.13. The predicted molar refractivity (Wildman–Crippen MR) is 94.3 cm³/mol. The first-order valence-corrected chi connectivity index (χ1v) is 9.31. The van der Waals surface area contributed by atoms with E-state index in [1.54, 1.807) is 11.3 Å². The molecule has 1 aliphatic heterocycles. The molecule has 2 aliphatic rings. The average molecular weight is 346 g/mol. The Morgan fingerprint density at radius 3 is 2.88 bits per heavy atom. The van der Waals surface area contributed by atoms with Crippen molar-refractivity contribution >= 4 is 33.3 Å². The van der Waals surface area contributed by atoms with E-state index in [9.17, 15) is 4.79 Å². The van der Waals surface area contributed by atoms with Crippen LogP contribution in [-0.2, 0) is 22.4 Å². The number of aryl methyl sites for hydroxylation is 3. The molecular weight excluding hydrogens is 324 g/mol. The molecule has 4 rings (SSSR count). The molecule has 1 saturated heterocycles. The molecule has 24 heavy (non-hydrogen) atoms. The summed E-state index contributed by atoms with van der Waals surface area (Å²) in [6.45, 7) is 3.57. The van der Waals surface area contributed by atoms with Crippen LogP contribution in [0.25, 0.3) is 10.2 Å². The van der Waals surface area contributed by atoms with Crippen LogP contribution in [0, 0.1) is 12.3 Å². The minimum Gasteiger partial charge on any atom is -0.381 e. The van der Waals surface area contributed by atoms with Crippen molar-refractivity contribution in [3.05, 3.63) is 16.3 Å². The number of thiophene rings is 1. The SMILES string of the molecule is Cc1nc(NCC2(C(N)=O)CCOCC2)c2c3c(sc2n1)CCC3. The molecule has 0 spiro atoms. The maximum absolute atomic E-state index is 12.1. The number of nitrogens with two attached hydrogens (primary N) is 1.